The molecule has 72 valence electrons. The molecule has 0 saturated carbocycles. The van der Waals surface area contributed by atoms with Crippen LogP contribution in [0.25, 0.3) is 0 Å². The summed E-state index contributed by atoms with van der Waals surface area (Å²) in [6.45, 7) is 1.89. The lowest BCUT2D eigenvalue weighted by Gasteiger charge is -2.23. The van der Waals surface area contributed by atoms with Gasteiger partial charge in [0.05, 0.1) is 12.5 Å². The Hall–Kier alpha value is -0.260. The third-order valence-corrected chi connectivity index (χ3v) is 3.69. The normalized spacial score (nSPS) is 16.1. The summed E-state index contributed by atoms with van der Waals surface area (Å²) in [4.78, 5) is 9.71. The first-order chi connectivity index (χ1) is 5.51. The van der Waals surface area contributed by atoms with E-state index in [0.717, 1.165) is 6.42 Å². The molecule has 12 heavy (non-hydrogen) atoms. The second kappa shape index (κ2) is 4.69. The molecule has 5 heteroatoms. The highest BCUT2D eigenvalue weighted by Gasteiger charge is 2.49. The SMILES string of the molecule is CCCC(NO)(C(=O)O)[S+](C)C. The number of carbonyl (C=O) groups is 1. The Labute approximate surface area is 75.3 Å². The maximum atomic E-state index is 10.9. The molecule has 4 nitrogen and oxygen atoms in total. The summed E-state index contributed by atoms with van der Waals surface area (Å²) in [7, 11) is -0.403. The Bertz CT molecular complexity index is 163. The molecule has 3 N–H and O–H groups in total. The lowest BCUT2D eigenvalue weighted by atomic mass is 10.2. The average molecular weight is 194 g/mol. The Morgan fingerprint density at radius 2 is 2.08 bits per heavy atom. The minimum Gasteiger partial charge on any atom is -0.476 e. The minimum atomic E-state index is -1.16. The molecule has 0 amide bonds. The van der Waals surface area contributed by atoms with Crippen molar-refractivity contribution in [1.29, 1.82) is 0 Å². The van der Waals surface area contributed by atoms with Gasteiger partial charge >= 0.3 is 5.97 Å². The van der Waals surface area contributed by atoms with Gasteiger partial charge in [-0.25, -0.2) is 4.79 Å². The molecular weight excluding hydrogens is 178 g/mol. The first-order valence-electron chi connectivity index (χ1n) is 3.73. The van der Waals surface area contributed by atoms with Crippen LogP contribution in [0.2, 0.25) is 0 Å². The number of carboxylic acid groups (broad SMARTS) is 1. The Kier molecular flexibility index (Phi) is 4.59. The highest BCUT2D eigenvalue weighted by Crippen LogP contribution is 2.19. The summed E-state index contributed by atoms with van der Waals surface area (Å²) in [5.74, 6) is -0.986. The van der Waals surface area contributed by atoms with E-state index < -0.39 is 21.7 Å². The van der Waals surface area contributed by atoms with Gasteiger partial charge in [-0.15, -0.1) is 5.48 Å². The molecule has 0 spiro atoms. The minimum absolute atomic E-state index is 0.403. The fraction of sp³-hybridized carbons (Fsp3) is 0.857. The van der Waals surface area contributed by atoms with Gasteiger partial charge in [-0.2, -0.15) is 0 Å². The van der Waals surface area contributed by atoms with E-state index in [1.807, 2.05) is 12.4 Å². The van der Waals surface area contributed by atoms with Crippen molar-refractivity contribution in [3.05, 3.63) is 0 Å². The van der Waals surface area contributed by atoms with Crippen molar-refractivity contribution >= 4 is 16.9 Å². The van der Waals surface area contributed by atoms with E-state index in [4.69, 9.17) is 10.3 Å². The Morgan fingerprint density at radius 3 is 2.17 bits per heavy atom. The van der Waals surface area contributed by atoms with Gasteiger partial charge in [-0.1, -0.05) is 6.92 Å². The van der Waals surface area contributed by atoms with E-state index >= 15 is 0 Å². The molecule has 0 aliphatic rings. The van der Waals surface area contributed by atoms with Crippen LogP contribution in [0.15, 0.2) is 0 Å². The van der Waals surface area contributed by atoms with Crippen molar-refractivity contribution in [3.8, 4) is 0 Å². The molecule has 0 saturated heterocycles. The quantitative estimate of drug-likeness (QED) is 0.438. The van der Waals surface area contributed by atoms with Gasteiger partial charge in [-0.3, -0.25) is 0 Å². The van der Waals surface area contributed by atoms with Crippen LogP contribution in [0.4, 0.5) is 0 Å². The van der Waals surface area contributed by atoms with E-state index in [9.17, 15) is 4.79 Å². The van der Waals surface area contributed by atoms with Crippen molar-refractivity contribution in [2.75, 3.05) is 12.5 Å². The van der Waals surface area contributed by atoms with Gasteiger partial charge in [-0.05, 0) is 6.42 Å². The first-order valence-corrected chi connectivity index (χ1v) is 5.77. The number of aliphatic carboxylic acids is 1. The summed E-state index contributed by atoms with van der Waals surface area (Å²) in [5.41, 5.74) is 1.93. The predicted molar refractivity (Wildman–Crippen MR) is 49.4 cm³/mol. The van der Waals surface area contributed by atoms with Crippen LogP contribution in [0.3, 0.4) is 0 Å². The molecule has 0 bridgehead atoms. The fourth-order valence-corrected chi connectivity index (χ4v) is 2.18. The van der Waals surface area contributed by atoms with Crippen molar-refractivity contribution in [2.45, 2.75) is 24.6 Å². The molecular formula is C7H16NO3S+. The molecule has 0 aromatic rings. The number of hydrogen-bond acceptors (Lipinski definition) is 3. The monoisotopic (exact) mass is 194 g/mol. The maximum Gasteiger partial charge on any atom is 0.378 e. The van der Waals surface area contributed by atoms with Crippen LogP contribution in [0.1, 0.15) is 19.8 Å². The second-order valence-electron chi connectivity index (χ2n) is 2.81. The number of rotatable bonds is 5. The largest absolute Gasteiger partial charge is 0.476 e. The zero-order chi connectivity index (χ0) is 9.78. The summed E-state index contributed by atoms with van der Waals surface area (Å²) in [6, 6.07) is 0. The van der Waals surface area contributed by atoms with E-state index in [-0.39, 0.29) is 0 Å². The summed E-state index contributed by atoms with van der Waals surface area (Å²) in [6.07, 6.45) is 4.76. The van der Waals surface area contributed by atoms with Gasteiger partial charge in [0.25, 0.3) is 4.87 Å². The fourth-order valence-electron chi connectivity index (χ4n) is 1.03. The van der Waals surface area contributed by atoms with E-state index in [2.05, 4.69) is 0 Å². The zero-order valence-electron chi connectivity index (χ0n) is 7.63. The number of hydrogen-bond donors (Lipinski definition) is 3. The van der Waals surface area contributed by atoms with Gasteiger partial charge in [0.2, 0.25) is 0 Å². The highest BCUT2D eigenvalue weighted by molar-refractivity contribution is 7.97. The summed E-state index contributed by atoms with van der Waals surface area (Å²) >= 11 is 0. The van der Waals surface area contributed by atoms with Crippen molar-refractivity contribution < 1.29 is 15.1 Å². The highest BCUT2D eigenvalue weighted by atomic mass is 32.2. The topological polar surface area (TPSA) is 69.6 Å². The molecule has 0 fully saturated rings. The van der Waals surface area contributed by atoms with Gasteiger partial charge in [0, 0.05) is 17.3 Å². The molecule has 0 radical (unpaired) electrons. The van der Waals surface area contributed by atoms with Gasteiger partial charge in [0.1, 0.15) is 0 Å². The lowest BCUT2D eigenvalue weighted by Crippen LogP contribution is -2.56. The standard InChI is InChI=1S/C7H15NO3S/c1-4-5-7(8-11,6(9)10)12(2)3/h8,11H,4-5H2,1-3H3/p+1. The third-order valence-electron chi connectivity index (χ3n) is 1.83. The zero-order valence-corrected chi connectivity index (χ0v) is 8.44. The smallest absolute Gasteiger partial charge is 0.378 e. The van der Waals surface area contributed by atoms with Crippen molar-refractivity contribution in [2.24, 2.45) is 0 Å². The summed E-state index contributed by atoms with van der Waals surface area (Å²) < 4.78 is 0. The van der Waals surface area contributed by atoms with Crippen molar-refractivity contribution in [1.82, 2.24) is 5.48 Å². The molecule has 0 aliphatic carbocycles. The Balaban J connectivity index is 4.63. The molecule has 0 aromatic carbocycles. The van der Waals surface area contributed by atoms with E-state index in [0.29, 0.717) is 6.42 Å². The third kappa shape index (κ3) is 2.12. The number of nitrogens with one attached hydrogen (secondary N) is 1. The number of hydroxylamine groups is 1. The molecule has 0 rings (SSSR count). The molecule has 0 aliphatic heterocycles. The molecule has 1 atom stereocenters. The van der Waals surface area contributed by atoms with E-state index in [1.54, 1.807) is 12.5 Å². The van der Waals surface area contributed by atoms with Crippen LogP contribution in [0.5, 0.6) is 0 Å². The average Bonchev–Trinajstić information content (AvgIpc) is 1.98. The van der Waals surface area contributed by atoms with Crippen LogP contribution in [-0.4, -0.2) is 33.7 Å². The van der Waals surface area contributed by atoms with Crippen LogP contribution in [-0.2, 0) is 15.7 Å². The second-order valence-corrected chi connectivity index (χ2v) is 5.14. The van der Waals surface area contributed by atoms with Gasteiger partial charge < -0.3 is 10.3 Å². The maximum absolute atomic E-state index is 10.9. The van der Waals surface area contributed by atoms with Crippen LogP contribution >= 0.6 is 0 Å². The summed E-state index contributed by atoms with van der Waals surface area (Å²) in [5, 5.41) is 17.7. The van der Waals surface area contributed by atoms with E-state index in [1.165, 1.54) is 0 Å². The Morgan fingerprint density at radius 1 is 1.58 bits per heavy atom. The first kappa shape index (κ1) is 11.7. The molecule has 0 heterocycles. The van der Waals surface area contributed by atoms with Crippen molar-refractivity contribution in [3.63, 3.8) is 0 Å². The molecule has 1 unspecified atom stereocenters. The van der Waals surface area contributed by atoms with Crippen LogP contribution in [0, 0.1) is 0 Å². The van der Waals surface area contributed by atoms with Crippen LogP contribution < -0.4 is 5.48 Å². The molecule has 0 aromatic heterocycles. The van der Waals surface area contributed by atoms with Gasteiger partial charge in [0.15, 0.2) is 0 Å². The predicted octanol–water partition coefficient (Wildman–Crippen LogP) is 0.424. The lowest BCUT2D eigenvalue weighted by molar-refractivity contribution is -0.144. The number of carboxylic acids is 1.